The first-order chi connectivity index (χ1) is 13.4. The topological polar surface area (TPSA) is 77.0 Å². The van der Waals surface area contributed by atoms with Gasteiger partial charge in [0.25, 0.3) is 0 Å². The van der Waals surface area contributed by atoms with E-state index in [-0.39, 0.29) is 17.5 Å². The number of rotatable bonds is 6. The number of esters is 1. The molecule has 1 aliphatic heterocycles. The molecule has 142 valence electrons. The molecule has 6 nitrogen and oxygen atoms in total. The molecule has 1 heterocycles. The predicted octanol–water partition coefficient (Wildman–Crippen LogP) is 3.94. The Kier molecular flexibility index (Phi) is 5.69. The predicted molar refractivity (Wildman–Crippen MR) is 108 cm³/mol. The summed E-state index contributed by atoms with van der Waals surface area (Å²) in [6.07, 6.45) is 1.65. The van der Waals surface area contributed by atoms with Crippen molar-refractivity contribution in [2.45, 2.75) is 13.8 Å². The van der Waals surface area contributed by atoms with Crippen molar-refractivity contribution in [2.75, 3.05) is 11.9 Å². The van der Waals surface area contributed by atoms with Crippen molar-refractivity contribution in [3.05, 3.63) is 77.5 Å². The number of benzene rings is 2. The molecule has 3 rings (SSSR count). The van der Waals surface area contributed by atoms with Gasteiger partial charge < -0.3 is 14.8 Å². The second-order valence-corrected chi connectivity index (χ2v) is 6.41. The second kappa shape index (κ2) is 8.35. The molecule has 6 heteroatoms. The Hall–Kier alpha value is -3.67. The molecule has 0 saturated carbocycles. The van der Waals surface area contributed by atoms with Crippen LogP contribution in [0.4, 0.5) is 5.69 Å². The highest BCUT2D eigenvalue weighted by molar-refractivity contribution is 6.13. The van der Waals surface area contributed by atoms with Crippen LogP contribution in [0.1, 0.15) is 25.0 Å². The normalized spacial score (nSPS) is 14.4. The van der Waals surface area contributed by atoms with Crippen LogP contribution < -0.4 is 10.1 Å². The van der Waals surface area contributed by atoms with E-state index < -0.39 is 5.97 Å². The first-order valence-corrected chi connectivity index (χ1v) is 8.68. The summed E-state index contributed by atoms with van der Waals surface area (Å²) in [5.41, 5.74) is 3.20. The van der Waals surface area contributed by atoms with Gasteiger partial charge in [0.1, 0.15) is 12.4 Å². The summed E-state index contributed by atoms with van der Waals surface area (Å²) < 4.78 is 10.9. The van der Waals surface area contributed by atoms with Crippen LogP contribution in [0.2, 0.25) is 0 Å². The molecule has 2 aromatic rings. The van der Waals surface area contributed by atoms with Crippen molar-refractivity contribution in [3.8, 4) is 5.75 Å². The molecule has 1 N–H and O–H groups in total. The van der Waals surface area contributed by atoms with Crippen molar-refractivity contribution in [3.63, 3.8) is 0 Å². The van der Waals surface area contributed by atoms with E-state index in [0.29, 0.717) is 23.6 Å². The molecule has 1 aliphatic rings. The van der Waals surface area contributed by atoms with Crippen molar-refractivity contribution in [1.82, 2.24) is 0 Å². The van der Waals surface area contributed by atoms with Crippen molar-refractivity contribution in [1.29, 1.82) is 0 Å². The standard InChI is InChI=1S/C22H20N2O4/c1-14(2)13-27-19-6-4-5-16(11-19)12-20-22(26)28-21(24-20)17-7-9-18(10-8-17)23-15(3)25/h4-12H,1,13H2,2-3H3,(H,23,25)/b20-12-. The summed E-state index contributed by atoms with van der Waals surface area (Å²) in [7, 11) is 0. The van der Waals surface area contributed by atoms with E-state index in [0.717, 1.165) is 11.1 Å². The van der Waals surface area contributed by atoms with Crippen LogP contribution in [0, 0.1) is 0 Å². The fraction of sp³-hybridized carbons (Fsp3) is 0.136. The molecule has 0 fully saturated rings. The molecule has 28 heavy (non-hydrogen) atoms. The fourth-order valence-electron chi connectivity index (χ4n) is 2.49. The molecule has 0 spiro atoms. The Morgan fingerprint density at radius 3 is 2.64 bits per heavy atom. The highest BCUT2D eigenvalue weighted by Gasteiger charge is 2.24. The van der Waals surface area contributed by atoms with Gasteiger partial charge in [-0.1, -0.05) is 18.7 Å². The minimum Gasteiger partial charge on any atom is -0.489 e. The van der Waals surface area contributed by atoms with Crippen LogP contribution in [0.15, 0.2) is 71.4 Å². The lowest BCUT2D eigenvalue weighted by Gasteiger charge is -2.06. The molecule has 0 radical (unpaired) electrons. The fourth-order valence-corrected chi connectivity index (χ4v) is 2.49. The van der Waals surface area contributed by atoms with Crippen molar-refractivity contribution in [2.24, 2.45) is 4.99 Å². The van der Waals surface area contributed by atoms with E-state index in [4.69, 9.17) is 9.47 Å². The van der Waals surface area contributed by atoms with Crippen LogP contribution in [0.25, 0.3) is 6.08 Å². The maximum Gasteiger partial charge on any atom is 0.363 e. The number of carbonyl (C=O) groups excluding carboxylic acids is 2. The van der Waals surface area contributed by atoms with E-state index in [1.807, 2.05) is 31.2 Å². The summed E-state index contributed by atoms with van der Waals surface area (Å²) in [6, 6.07) is 14.2. The third-order valence-corrected chi connectivity index (χ3v) is 3.72. The Balaban J connectivity index is 1.78. The zero-order valence-electron chi connectivity index (χ0n) is 15.7. The van der Waals surface area contributed by atoms with E-state index >= 15 is 0 Å². The number of carbonyl (C=O) groups is 2. The number of aliphatic imine (C=N–C) groups is 1. The van der Waals surface area contributed by atoms with E-state index in [9.17, 15) is 9.59 Å². The van der Waals surface area contributed by atoms with Gasteiger partial charge in [0.2, 0.25) is 11.8 Å². The number of hydrogen-bond donors (Lipinski definition) is 1. The number of ether oxygens (including phenoxy) is 2. The third-order valence-electron chi connectivity index (χ3n) is 3.72. The van der Waals surface area contributed by atoms with E-state index in [1.54, 1.807) is 30.3 Å². The molecule has 0 aliphatic carbocycles. The molecular formula is C22H20N2O4. The van der Waals surface area contributed by atoms with Crippen LogP contribution in [0.5, 0.6) is 5.75 Å². The second-order valence-electron chi connectivity index (χ2n) is 6.41. The summed E-state index contributed by atoms with van der Waals surface area (Å²) >= 11 is 0. The zero-order valence-corrected chi connectivity index (χ0v) is 15.7. The minimum atomic E-state index is -0.519. The number of anilines is 1. The molecular weight excluding hydrogens is 356 g/mol. The Labute approximate surface area is 163 Å². The number of amides is 1. The van der Waals surface area contributed by atoms with Gasteiger partial charge in [-0.05, 0) is 60.5 Å². The number of nitrogens with zero attached hydrogens (tertiary/aromatic N) is 1. The molecule has 0 bridgehead atoms. The average molecular weight is 376 g/mol. The van der Waals surface area contributed by atoms with Crippen molar-refractivity contribution < 1.29 is 19.1 Å². The minimum absolute atomic E-state index is 0.155. The third kappa shape index (κ3) is 4.94. The Bertz CT molecular complexity index is 988. The largest absolute Gasteiger partial charge is 0.489 e. The van der Waals surface area contributed by atoms with Crippen LogP contribution in [0.3, 0.4) is 0 Å². The van der Waals surface area contributed by atoms with Gasteiger partial charge >= 0.3 is 5.97 Å². The molecule has 0 saturated heterocycles. The maximum absolute atomic E-state index is 12.2. The van der Waals surface area contributed by atoms with Gasteiger partial charge in [-0.25, -0.2) is 9.79 Å². The highest BCUT2D eigenvalue weighted by Crippen LogP contribution is 2.22. The first kappa shape index (κ1) is 19.1. The van der Waals surface area contributed by atoms with Gasteiger partial charge in [0, 0.05) is 18.2 Å². The summed E-state index contributed by atoms with van der Waals surface area (Å²) in [6.45, 7) is 7.56. The number of hydrogen-bond acceptors (Lipinski definition) is 5. The molecule has 0 unspecified atom stereocenters. The van der Waals surface area contributed by atoms with Gasteiger partial charge in [-0.15, -0.1) is 0 Å². The lowest BCUT2D eigenvalue weighted by atomic mass is 10.2. The van der Waals surface area contributed by atoms with Crippen LogP contribution >= 0.6 is 0 Å². The smallest absolute Gasteiger partial charge is 0.363 e. The van der Waals surface area contributed by atoms with Gasteiger partial charge in [0.05, 0.1) is 0 Å². The summed E-state index contributed by atoms with van der Waals surface area (Å²) in [5.74, 6) is 0.230. The van der Waals surface area contributed by atoms with E-state index in [2.05, 4.69) is 16.9 Å². The quantitative estimate of drug-likeness (QED) is 0.471. The van der Waals surface area contributed by atoms with E-state index in [1.165, 1.54) is 6.92 Å². The number of nitrogens with one attached hydrogen (secondary N) is 1. The summed E-state index contributed by atoms with van der Waals surface area (Å²) in [5, 5.41) is 2.68. The molecule has 0 aromatic heterocycles. The van der Waals surface area contributed by atoms with Gasteiger partial charge in [-0.2, -0.15) is 0 Å². The van der Waals surface area contributed by atoms with Gasteiger partial charge in [0.15, 0.2) is 5.70 Å². The Morgan fingerprint density at radius 2 is 1.96 bits per heavy atom. The van der Waals surface area contributed by atoms with Crippen LogP contribution in [-0.2, 0) is 14.3 Å². The molecule has 1 amide bonds. The van der Waals surface area contributed by atoms with Crippen molar-refractivity contribution >= 4 is 29.5 Å². The van der Waals surface area contributed by atoms with Crippen LogP contribution in [-0.4, -0.2) is 24.4 Å². The molecule has 0 atom stereocenters. The average Bonchev–Trinajstić information content (AvgIpc) is 3.01. The molecule has 2 aromatic carbocycles. The monoisotopic (exact) mass is 376 g/mol. The first-order valence-electron chi connectivity index (χ1n) is 8.68. The lowest BCUT2D eigenvalue weighted by molar-refractivity contribution is -0.129. The zero-order chi connectivity index (χ0) is 20.1. The number of cyclic esters (lactones) is 1. The Morgan fingerprint density at radius 1 is 1.21 bits per heavy atom. The maximum atomic E-state index is 12.2. The highest BCUT2D eigenvalue weighted by atomic mass is 16.6. The lowest BCUT2D eigenvalue weighted by Crippen LogP contribution is -2.07. The van der Waals surface area contributed by atoms with Gasteiger partial charge in [-0.3, -0.25) is 4.79 Å². The SMILES string of the molecule is C=C(C)COc1cccc(/C=C2\N=C(c3ccc(NC(C)=O)cc3)OC2=O)c1. The summed E-state index contributed by atoms with van der Waals surface area (Å²) in [4.78, 5) is 27.5.